The number of phenols is 1. The van der Waals surface area contributed by atoms with Crippen LogP contribution in [0.15, 0.2) is 42.6 Å². The molecule has 2 fully saturated rings. The predicted octanol–water partition coefficient (Wildman–Crippen LogP) is 3.38. The summed E-state index contributed by atoms with van der Waals surface area (Å²) >= 11 is 0. The summed E-state index contributed by atoms with van der Waals surface area (Å²) in [5.41, 5.74) is 2.93. The van der Waals surface area contributed by atoms with Crippen molar-refractivity contribution in [3.8, 4) is 34.0 Å². The van der Waals surface area contributed by atoms with Crippen LogP contribution in [0.2, 0.25) is 0 Å². The number of hydrogen-bond acceptors (Lipinski definition) is 8. The second-order valence-electron chi connectivity index (χ2n) is 8.63. The number of benzene rings is 1. The van der Waals surface area contributed by atoms with E-state index in [1.54, 1.807) is 25.4 Å². The van der Waals surface area contributed by atoms with Crippen molar-refractivity contribution in [2.45, 2.75) is 37.8 Å². The molecule has 0 radical (unpaired) electrons. The second-order valence-corrected chi connectivity index (χ2v) is 8.63. The van der Waals surface area contributed by atoms with Crippen LogP contribution in [0, 0.1) is 0 Å². The van der Waals surface area contributed by atoms with Crippen LogP contribution in [-0.4, -0.2) is 69.7 Å². The number of nitrogens with zero attached hydrogens (tertiary/aromatic N) is 6. The van der Waals surface area contributed by atoms with Crippen LogP contribution < -0.4 is 9.64 Å². The minimum atomic E-state index is 0.142. The molecule has 3 aromatic rings. The van der Waals surface area contributed by atoms with E-state index in [2.05, 4.69) is 37.2 Å². The van der Waals surface area contributed by atoms with E-state index < -0.39 is 0 Å². The van der Waals surface area contributed by atoms with Crippen LogP contribution in [0.5, 0.6) is 11.6 Å². The fourth-order valence-electron chi connectivity index (χ4n) is 4.54. The van der Waals surface area contributed by atoms with Gasteiger partial charge in [-0.25, -0.2) is 0 Å². The molecule has 1 aromatic carbocycles. The van der Waals surface area contributed by atoms with E-state index in [4.69, 9.17) is 4.74 Å². The van der Waals surface area contributed by atoms with Crippen LogP contribution in [0.3, 0.4) is 0 Å². The first-order valence-electron chi connectivity index (χ1n) is 11.1. The Morgan fingerprint density at radius 3 is 2.56 bits per heavy atom. The van der Waals surface area contributed by atoms with Gasteiger partial charge in [0, 0.05) is 42.4 Å². The van der Waals surface area contributed by atoms with Gasteiger partial charge in [-0.1, -0.05) is 12.5 Å². The molecule has 1 atom stereocenters. The third-order valence-electron chi connectivity index (χ3n) is 6.81. The van der Waals surface area contributed by atoms with E-state index in [1.165, 1.54) is 19.3 Å². The fourth-order valence-corrected chi connectivity index (χ4v) is 4.54. The second kappa shape index (κ2) is 8.70. The third-order valence-corrected chi connectivity index (χ3v) is 6.81. The molecule has 1 aliphatic carbocycles. The Labute approximate surface area is 187 Å². The first-order chi connectivity index (χ1) is 15.6. The number of methoxy groups -OCH3 is 1. The van der Waals surface area contributed by atoms with Crippen LogP contribution in [-0.2, 0) is 0 Å². The SMILES string of the molecule is COc1cc(-c2ccc(-c3ccc(N4CC[C@H](N(C)C5CCC5)C4)nn3)c(O)c2)cnn1. The van der Waals surface area contributed by atoms with Crippen LogP contribution >= 0.6 is 0 Å². The highest BCUT2D eigenvalue weighted by Crippen LogP contribution is 2.34. The molecule has 5 rings (SSSR count). The Hall–Kier alpha value is -3.26. The van der Waals surface area contributed by atoms with Crippen molar-refractivity contribution in [2.75, 3.05) is 32.1 Å². The number of likely N-dealkylation sites (N-methyl/N-ethyl adjacent to an activating group) is 1. The largest absolute Gasteiger partial charge is 0.507 e. The van der Waals surface area contributed by atoms with Crippen molar-refractivity contribution in [2.24, 2.45) is 0 Å². The lowest BCUT2D eigenvalue weighted by Gasteiger charge is -2.38. The average molecular weight is 433 g/mol. The molecule has 1 aliphatic heterocycles. The van der Waals surface area contributed by atoms with Gasteiger partial charge in [0.05, 0.1) is 19.0 Å². The van der Waals surface area contributed by atoms with Gasteiger partial charge < -0.3 is 14.7 Å². The highest BCUT2D eigenvalue weighted by atomic mass is 16.5. The molecule has 1 saturated heterocycles. The smallest absolute Gasteiger partial charge is 0.233 e. The minimum Gasteiger partial charge on any atom is -0.507 e. The summed E-state index contributed by atoms with van der Waals surface area (Å²) < 4.78 is 5.13. The summed E-state index contributed by atoms with van der Waals surface area (Å²) in [4.78, 5) is 4.86. The van der Waals surface area contributed by atoms with E-state index >= 15 is 0 Å². The van der Waals surface area contributed by atoms with Gasteiger partial charge in [0.25, 0.3) is 0 Å². The molecule has 32 heavy (non-hydrogen) atoms. The highest BCUT2D eigenvalue weighted by Gasteiger charge is 2.32. The normalized spacial score (nSPS) is 18.7. The quantitative estimate of drug-likeness (QED) is 0.634. The maximum absolute atomic E-state index is 10.6. The van der Waals surface area contributed by atoms with E-state index in [0.29, 0.717) is 23.2 Å². The Morgan fingerprint density at radius 1 is 1.00 bits per heavy atom. The van der Waals surface area contributed by atoms with Gasteiger partial charge in [-0.3, -0.25) is 4.90 Å². The number of aromatic nitrogens is 4. The molecule has 0 bridgehead atoms. The summed E-state index contributed by atoms with van der Waals surface area (Å²) in [6.07, 6.45) is 6.81. The van der Waals surface area contributed by atoms with Crippen molar-refractivity contribution in [3.05, 3.63) is 42.6 Å². The molecule has 166 valence electrons. The molecule has 0 amide bonds. The summed E-state index contributed by atoms with van der Waals surface area (Å²) in [5.74, 6) is 1.46. The van der Waals surface area contributed by atoms with Gasteiger partial charge in [0.1, 0.15) is 5.75 Å². The van der Waals surface area contributed by atoms with Gasteiger partial charge in [-0.05, 0) is 56.1 Å². The van der Waals surface area contributed by atoms with Crippen LogP contribution in [0.25, 0.3) is 22.4 Å². The standard InChI is InChI=1S/C24H28N6O2/c1-29(18-4-3-5-18)19-10-11-30(15-19)23-9-8-21(26-27-23)20-7-6-16(12-22(20)31)17-13-24(32-2)28-25-14-17/h6-9,12-14,18-19,31H,3-5,10-11,15H2,1-2H3/t19-/m0/s1. The highest BCUT2D eigenvalue weighted by molar-refractivity contribution is 5.74. The summed E-state index contributed by atoms with van der Waals surface area (Å²) in [6.45, 7) is 1.99. The number of aromatic hydroxyl groups is 1. The Kier molecular flexibility index (Phi) is 5.61. The van der Waals surface area contributed by atoms with Crippen molar-refractivity contribution in [3.63, 3.8) is 0 Å². The minimum absolute atomic E-state index is 0.142. The monoisotopic (exact) mass is 432 g/mol. The van der Waals surface area contributed by atoms with E-state index in [0.717, 1.165) is 42.5 Å². The first-order valence-corrected chi connectivity index (χ1v) is 11.1. The van der Waals surface area contributed by atoms with E-state index in [-0.39, 0.29) is 5.75 Å². The molecule has 1 N–H and O–H groups in total. The van der Waals surface area contributed by atoms with Crippen molar-refractivity contribution in [1.29, 1.82) is 0 Å². The van der Waals surface area contributed by atoms with Crippen molar-refractivity contribution in [1.82, 2.24) is 25.3 Å². The zero-order chi connectivity index (χ0) is 22.1. The van der Waals surface area contributed by atoms with E-state index in [1.807, 2.05) is 24.3 Å². The third kappa shape index (κ3) is 3.98. The molecule has 8 nitrogen and oxygen atoms in total. The van der Waals surface area contributed by atoms with Crippen molar-refractivity contribution >= 4 is 5.82 Å². The van der Waals surface area contributed by atoms with Crippen LogP contribution in [0.1, 0.15) is 25.7 Å². The molecule has 3 heterocycles. The lowest BCUT2D eigenvalue weighted by atomic mass is 9.91. The Morgan fingerprint density at radius 2 is 1.88 bits per heavy atom. The topological polar surface area (TPSA) is 87.5 Å². The molecule has 0 unspecified atom stereocenters. The maximum Gasteiger partial charge on any atom is 0.233 e. The first kappa shape index (κ1) is 20.6. The Balaban J connectivity index is 1.29. The van der Waals surface area contributed by atoms with Crippen LogP contribution in [0.4, 0.5) is 5.82 Å². The molecule has 2 aliphatic rings. The zero-order valence-corrected chi connectivity index (χ0v) is 18.5. The van der Waals surface area contributed by atoms with Gasteiger partial charge in [-0.2, -0.15) is 5.10 Å². The molecule has 0 spiro atoms. The summed E-state index contributed by atoms with van der Waals surface area (Å²) in [6, 6.07) is 12.5. The number of anilines is 1. The lowest BCUT2D eigenvalue weighted by molar-refractivity contribution is 0.119. The Bertz CT molecular complexity index is 1090. The van der Waals surface area contributed by atoms with Gasteiger partial charge >= 0.3 is 0 Å². The van der Waals surface area contributed by atoms with Crippen molar-refractivity contribution < 1.29 is 9.84 Å². The fraction of sp³-hybridized carbons (Fsp3) is 0.417. The van der Waals surface area contributed by atoms with Gasteiger partial charge in [0.2, 0.25) is 5.88 Å². The summed E-state index contributed by atoms with van der Waals surface area (Å²) in [7, 11) is 3.81. The van der Waals surface area contributed by atoms with Gasteiger partial charge in [-0.15, -0.1) is 15.3 Å². The molecular weight excluding hydrogens is 404 g/mol. The lowest BCUT2D eigenvalue weighted by Crippen LogP contribution is -2.45. The summed E-state index contributed by atoms with van der Waals surface area (Å²) in [5, 5.41) is 27.3. The van der Waals surface area contributed by atoms with Gasteiger partial charge in [0.15, 0.2) is 5.82 Å². The number of hydrogen-bond donors (Lipinski definition) is 1. The molecule has 1 saturated carbocycles. The number of phenolic OH excluding ortho intramolecular Hbond substituents is 1. The predicted molar refractivity (Wildman–Crippen MR) is 123 cm³/mol. The molecule has 2 aromatic heterocycles. The number of ether oxygens (including phenoxy) is 1. The molecule has 8 heteroatoms. The van der Waals surface area contributed by atoms with E-state index in [9.17, 15) is 5.11 Å². The number of rotatable bonds is 6. The molecular formula is C24H28N6O2. The zero-order valence-electron chi connectivity index (χ0n) is 18.5. The maximum atomic E-state index is 10.6. The average Bonchev–Trinajstić information content (AvgIpc) is 3.28.